The lowest BCUT2D eigenvalue weighted by Crippen LogP contribution is -2.29. The van der Waals surface area contributed by atoms with Crippen molar-refractivity contribution in [2.75, 3.05) is 0 Å². The van der Waals surface area contributed by atoms with Gasteiger partial charge in [-0.1, -0.05) is 25.1 Å². The summed E-state index contributed by atoms with van der Waals surface area (Å²) in [5.74, 6) is 0. The van der Waals surface area contributed by atoms with Crippen molar-refractivity contribution in [1.82, 2.24) is 5.32 Å². The van der Waals surface area contributed by atoms with Crippen molar-refractivity contribution in [3.05, 3.63) is 35.4 Å². The van der Waals surface area contributed by atoms with Crippen molar-refractivity contribution in [2.24, 2.45) is 0 Å². The smallest absolute Gasteiger partial charge is 0.263 e. The van der Waals surface area contributed by atoms with Gasteiger partial charge >= 0.3 is 0 Å². The quantitative estimate of drug-likeness (QED) is 0.851. The first-order valence-corrected chi connectivity index (χ1v) is 5.62. The first kappa shape index (κ1) is 13.6. The molecule has 0 fully saturated rings. The highest BCUT2D eigenvalue weighted by molar-refractivity contribution is 5.30. The zero-order valence-electron chi connectivity index (χ0n) is 9.95. The van der Waals surface area contributed by atoms with Gasteiger partial charge < -0.3 is 0 Å². The van der Waals surface area contributed by atoms with Gasteiger partial charge in [0.05, 0.1) is 6.07 Å². The van der Waals surface area contributed by atoms with Crippen LogP contribution in [0.1, 0.15) is 43.9 Å². The van der Waals surface area contributed by atoms with E-state index in [-0.39, 0.29) is 11.6 Å². The lowest BCUT2D eigenvalue weighted by atomic mass is 10.0. The standard InChI is InChI=1S/C13H16F2N2/c1-3-9(2)17-12(8-16)10-5-4-6-11(7-10)13(14)15/h4-7,9,12-13,17H,3H2,1-2H3. The second kappa shape index (κ2) is 6.31. The third-order valence-corrected chi connectivity index (χ3v) is 2.69. The lowest BCUT2D eigenvalue weighted by Gasteiger charge is -2.17. The highest BCUT2D eigenvalue weighted by Gasteiger charge is 2.15. The summed E-state index contributed by atoms with van der Waals surface area (Å²) in [6.07, 6.45) is -1.62. The fraction of sp³-hybridized carbons (Fsp3) is 0.462. The molecule has 0 bridgehead atoms. The van der Waals surface area contributed by atoms with Gasteiger partial charge in [-0.3, -0.25) is 5.32 Å². The largest absolute Gasteiger partial charge is 0.296 e. The average molecular weight is 238 g/mol. The number of halogens is 2. The van der Waals surface area contributed by atoms with Crippen molar-refractivity contribution < 1.29 is 8.78 Å². The molecule has 0 heterocycles. The highest BCUT2D eigenvalue weighted by Crippen LogP contribution is 2.22. The van der Waals surface area contributed by atoms with Gasteiger partial charge in [0.1, 0.15) is 6.04 Å². The number of alkyl halides is 2. The van der Waals surface area contributed by atoms with E-state index < -0.39 is 12.5 Å². The molecule has 2 unspecified atom stereocenters. The van der Waals surface area contributed by atoms with Crippen LogP contribution in [0.4, 0.5) is 8.78 Å². The molecule has 0 spiro atoms. The molecule has 0 aliphatic carbocycles. The minimum Gasteiger partial charge on any atom is -0.296 e. The lowest BCUT2D eigenvalue weighted by molar-refractivity contribution is 0.151. The first-order valence-electron chi connectivity index (χ1n) is 5.62. The number of rotatable bonds is 5. The predicted octanol–water partition coefficient (Wildman–Crippen LogP) is 3.58. The van der Waals surface area contributed by atoms with Gasteiger partial charge in [0.25, 0.3) is 6.43 Å². The van der Waals surface area contributed by atoms with Gasteiger partial charge in [-0.2, -0.15) is 5.26 Å². The Morgan fingerprint density at radius 3 is 2.53 bits per heavy atom. The number of hydrogen-bond acceptors (Lipinski definition) is 2. The second-order valence-corrected chi connectivity index (χ2v) is 4.01. The van der Waals surface area contributed by atoms with E-state index in [0.29, 0.717) is 5.56 Å². The number of nitrogens with one attached hydrogen (secondary N) is 1. The Kier molecular flexibility index (Phi) is 5.05. The number of nitriles is 1. The zero-order valence-corrected chi connectivity index (χ0v) is 9.95. The van der Waals surface area contributed by atoms with E-state index in [2.05, 4.69) is 11.4 Å². The normalized spacial score (nSPS) is 14.4. The molecule has 0 saturated carbocycles. The van der Waals surface area contributed by atoms with Gasteiger partial charge in [0.2, 0.25) is 0 Å². The van der Waals surface area contributed by atoms with E-state index in [1.165, 1.54) is 12.1 Å². The van der Waals surface area contributed by atoms with Gasteiger partial charge in [-0.15, -0.1) is 0 Å². The molecule has 4 heteroatoms. The van der Waals surface area contributed by atoms with E-state index in [4.69, 9.17) is 5.26 Å². The van der Waals surface area contributed by atoms with Crippen LogP contribution in [-0.2, 0) is 0 Å². The van der Waals surface area contributed by atoms with Crippen LogP contribution < -0.4 is 5.32 Å². The molecule has 1 rings (SSSR count). The Labute approximate surface area is 100 Å². The summed E-state index contributed by atoms with van der Waals surface area (Å²) in [5.41, 5.74) is 0.541. The molecule has 1 N–H and O–H groups in total. The van der Waals surface area contributed by atoms with E-state index in [9.17, 15) is 8.78 Å². The Bertz CT molecular complexity index is 399. The molecule has 17 heavy (non-hydrogen) atoms. The number of nitrogens with zero attached hydrogens (tertiary/aromatic N) is 1. The summed E-state index contributed by atoms with van der Waals surface area (Å²) >= 11 is 0. The minimum atomic E-state index is -2.50. The molecule has 1 aromatic carbocycles. The fourth-order valence-electron chi connectivity index (χ4n) is 1.48. The maximum Gasteiger partial charge on any atom is 0.263 e. The van der Waals surface area contributed by atoms with E-state index in [0.717, 1.165) is 6.42 Å². The summed E-state index contributed by atoms with van der Waals surface area (Å²) in [5, 5.41) is 12.1. The van der Waals surface area contributed by atoms with E-state index in [1.54, 1.807) is 12.1 Å². The van der Waals surface area contributed by atoms with Crippen LogP contribution in [0.2, 0.25) is 0 Å². The number of benzene rings is 1. The molecule has 2 nitrogen and oxygen atoms in total. The van der Waals surface area contributed by atoms with Crippen LogP contribution in [-0.4, -0.2) is 6.04 Å². The maximum absolute atomic E-state index is 12.5. The van der Waals surface area contributed by atoms with Crippen LogP contribution in [0.25, 0.3) is 0 Å². The zero-order chi connectivity index (χ0) is 12.8. The van der Waals surface area contributed by atoms with E-state index in [1.807, 2.05) is 13.8 Å². The minimum absolute atomic E-state index is 0.0475. The van der Waals surface area contributed by atoms with Crippen LogP contribution in [0.5, 0.6) is 0 Å². The topological polar surface area (TPSA) is 35.8 Å². The van der Waals surface area contributed by atoms with Gasteiger partial charge in [-0.05, 0) is 25.0 Å². The maximum atomic E-state index is 12.5. The van der Waals surface area contributed by atoms with Crippen LogP contribution in [0, 0.1) is 11.3 Å². The molecule has 0 aliphatic heterocycles. The van der Waals surface area contributed by atoms with Crippen molar-refractivity contribution in [3.8, 4) is 6.07 Å². The molecule has 1 aromatic rings. The molecule has 92 valence electrons. The second-order valence-electron chi connectivity index (χ2n) is 4.01. The van der Waals surface area contributed by atoms with Gasteiger partial charge in [0.15, 0.2) is 0 Å². The van der Waals surface area contributed by atoms with Gasteiger partial charge in [0, 0.05) is 11.6 Å². The van der Waals surface area contributed by atoms with Crippen molar-refractivity contribution in [3.63, 3.8) is 0 Å². The van der Waals surface area contributed by atoms with Crippen LogP contribution >= 0.6 is 0 Å². The summed E-state index contributed by atoms with van der Waals surface area (Å²) in [7, 11) is 0. The van der Waals surface area contributed by atoms with Crippen LogP contribution in [0.15, 0.2) is 24.3 Å². The highest BCUT2D eigenvalue weighted by atomic mass is 19.3. The Hall–Kier alpha value is -1.47. The summed E-state index contributed by atoms with van der Waals surface area (Å²) in [6, 6.07) is 7.73. The molecule has 0 amide bonds. The SMILES string of the molecule is CCC(C)NC(C#N)c1cccc(C(F)F)c1. The third-order valence-electron chi connectivity index (χ3n) is 2.69. The molecule has 0 radical (unpaired) electrons. The Balaban J connectivity index is 2.89. The molecule has 2 atom stereocenters. The monoisotopic (exact) mass is 238 g/mol. The summed E-state index contributed by atoms with van der Waals surface area (Å²) in [4.78, 5) is 0. The molecule has 0 aliphatic rings. The Morgan fingerprint density at radius 2 is 2.00 bits per heavy atom. The molecular weight excluding hydrogens is 222 g/mol. The van der Waals surface area contributed by atoms with E-state index >= 15 is 0 Å². The molecular formula is C13H16F2N2. The van der Waals surface area contributed by atoms with Crippen molar-refractivity contribution in [2.45, 2.75) is 38.8 Å². The Morgan fingerprint density at radius 1 is 1.35 bits per heavy atom. The molecule has 0 saturated heterocycles. The summed E-state index contributed by atoms with van der Waals surface area (Å²) in [6.45, 7) is 3.96. The summed E-state index contributed by atoms with van der Waals surface area (Å²) < 4.78 is 25.1. The van der Waals surface area contributed by atoms with Crippen molar-refractivity contribution in [1.29, 1.82) is 5.26 Å². The third kappa shape index (κ3) is 3.79. The first-order chi connectivity index (χ1) is 8.08. The van der Waals surface area contributed by atoms with Gasteiger partial charge in [-0.25, -0.2) is 8.78 Å². The van der Waals surface area contributed by atoms with Crippen LogP contribution in [0.3, 0.4) is 0 Å². The predicted molar refractivity (Wildman–Crippen MR) is 62.6 cm³/mol. The molecule has 0 aromatic heterocycles. The fourth-order valence-corrected chi connectivity index (χ4v) is 1.48. The average Bonchev–Trinajstić information content (AvgIpc) is 2.35. The number of hydrogen-bond donors (Lipinski definition) is 1. The van der Waals surface area contributed by atoms with Crippen molar-refractivity contribution >= 4 is 0 Å².